The summed E-state index contributed by atoms with van der Waals surface area (Å²) in [5, 5.41) is 2.76. The summed E-state index contributed by atoms with van der Waals surface area (Å²) < 4.78 is 23.4. The third-order valence-electron chi connectivity index (χ3n) is 4.57. The Morgan fingerprint density at radius 1 is 1.24 bits per heavy atom. The molecule has 1 atom stereocenters. The molecule has 9 heteroatoms. The zero-order valence-electron chi connectivity index (χ0n) is 16.3. The average Bonchev–Trinajstić information content (AvgIpc) is 3.14. The molecule has 1 amide bonds. The van der Waals surface area contributed by atoms with E-state index in [-0.39, 0.29) is 12.0 Å². The maximum atomic E-state index is 12.8. The van der Waals surface area contributed by atoms with E-state index in [9.17, 15) is 4.79 Å². The molecule has 0 bridgehead atoms. The highest BCUT2D eigenvalue weighted by Gasteiger charge is 2.19. The summed E-state index contributed by atoms with van der Waals surface area (Å²) in [5.74, 6) is 0.881. The number of amides is 1. The molecule has 0 spiro atoms. The van der Waals surface area contributed by atoms with Gasteiger partial charge in [0.25, 0.3) is 5.91 Å². The maximum Gasteiger partial charge on any atom is 0.262 e. The van der Waals surface area contributed by atoms with Crippen LogP contribution in [0.5, 0.6) is 11.6 Å². The standard InChI is InChI=1S/C20H22N4O5/c1-26-16-9-18-21-13(8-14-12-28-6-7-29-14)10-24(18)11-15(16)20(25)23-17-4-3-5-19(22-17)27-2/h3-5,9-11,14H,6-8,12H2,1-2H3,(H,22,23,25). The molecule has 0 radical (unpaired) electrons. The van der Waals surface area contributed by atoms with Gasteiger partial charge in [0.2, 0.25) is 5.88 Å². The number of anilines is 1. The second-order valence-electron chi connectivity index (χ2n) is 6.54. The number of carbonyl (C=O) groups excluding carboxylic acids is 1. The van der Waals surface area contributed by atoms with E-state index in [1.807, 2.05) is 6.20 Å². The average molecular weight is 398 g/mol. The first-order valence-electron chi connectivity index (χ1n) is 9.23. The Bertz CT molecular complexity index is 1010. The van der Waals surface area contributed by atoms with Crippen LogP contribution in [0.25, 0.3) is 5.65 Å². The summed E-state index contributed by atoms with van der Waals surface area (Å²) in [4.78, 5) is 21.6. The van der Waals surface area contributed by atoms with Crippen molar-refractivity contribution in [2.24, 2.45) is 0 Å². The smallest absolute Gasteiger partial charge is 0.262 e. The highest BCUT2D eigenvalue weighted by atomic mass is 16.6. The van der Waals surface area contributed by atoms with Crippen LogP contribution in [0.4, 0.5) is 5.82 Å². The minimum Gasteiger partial charge on any atom is -0.496 e. The van der Waals surface area contributed by atoms with Gasteiger partial charge in [-0.1, -0.05) is 6.07 Å². The topological polar surface area (TPSA) is 96.2 Å². The third-order valence-corrected chi connectivity index (χ3v) is 4.57. The van der Waals surface area contributed by atoms with Crippen molar-refractivity contribution in [3.63, 3.8) is 0 Å². The number of pyridine rings is 2. The van der Waals surface area contributed by atoms with Crippen molar-refractivity contribution in [3.8, 4) is 11.6 Å². The molecule has 0 saturated carbocycles. The predicted octanol–water partition coefficient (Wildman–Crippen LogP) is 1.96. The van der Waals surface area contributed by atoms with Gasteiger partial charge in [0, 0.05) is 30.9 Å². The highest BCUT2D eigenvalue weighted by Crippen LogP contribution is 2.23. The van der Waals surface area contributed by atoms with Crippen LogP contribution in [-0.4, -0.2) is 60.4 Å². The Hall–Kier alpha value is -3.17. The van der Waals surface area contributed by atoms with Gasteiger partial charge < -0.3 is 28.7 Å². The zero-order valence-corrected chi connectivity index (χ0v) is 16.3. The summed E-state index contributed by atoms with van der Waals surface area (Å²) in [6, 6.07) is 6.88. The SMILES string of the molecule is COc1cccc(NC(=O)c2cn3cc(CC4COCCO4)nc3cc2OC)n1. The number of ether oxygens (including phenoxy) is 4. The van der Waals surface area contributed by atoms with Crippen molar-refractivity contribution in [1.82, 2.24) is 14.4 Å². The van der Waals surface area contributed by atoms with Crippen molar-refractivity contribution >= 4 is 17.4 Å². The number of hydrogen-bond acceptors (Lipinski definition) is 7. The van der Waals surface area contributed by atoms with E-state index in [1.54, 1.807) is 34.9 Å². The Kier molecular flexibility index (Phi) is 5.59. The summed E-state index contributed by atoms with van der Waals surface area (Å²) in [7, 11) is 3.04. The third kappa shape index (κ3) is 4.30. The molecule has 4 heterocycles. The van der Waals surface area contributed by atoms with Crippen LogP contribution in [0.1, 0.15) is 16.1 Å². The van der Waals surface area contributed by atoms with Crippen LogP contribution >= 0.6 is 0 Å². The Morgan fingerprint density at radius 3 is 2.90 bits per heavy atom. The maximum absolute atomic E-state index is 12.8. The van der Waals surface area contributed by atoms with E-state index < -0.39 is 0 Å². The predicted molar refractivity (Wildman–Crippen MR) is 105 cm³/mol. The van der Waals surface area contributed by atoms with Crippen LogP contribution in [0.2, 0.25) is 0 Å². The molecule has 29 heavy (non-hydrogen) atoms. The molecule has 0 aliphatic carbocycles. The summed E-state index contributed by atoms with van der Waals surface area (Å²) in [5.41, 5.74) is 1.91. The van der Waals surface area contributed by atoms with Gasteiger partial charge >= 0.3 is 0 Å². The number of hydrogen-bond donors (Lipinski definition) is 1. The first kappa shape index (κ1) is 19.2. The first-order valence-corrected chi connectivity index (χ1v) is 9.23. The van der Waals surface area contributed by atoms with Gasteiger partial charge in [-0.15, -0.1) is 0 Å². The van der Waals surface area contributed by atoms with Gasteiger partial charge in [0.1, 0.15) is 17.2 Å². The normalized spacial score (nSPS) is 16.6. The fraction of sp³-hybridized carbons (Fsp3) is 0.350. The van der Waals surface area contributed by atoms with Gasteiger partial charge in [-0.25, -0.2) is 4.98 Å². The molecule has 4 rings (SSSR count). The number of imidazole rings is 1. The van der Waals surface area contributed by atoms with Crippen molar-refractivity contribution in [2.75, 3.05) is 39.4 Å². The number of rotatable bonds is 6. The lowest BCUT2D eigenvalue weighted by molar-refractivity contribution is -0.0874. The Labute approximate surface area is 167 Å². The quantitative estimate of drug-likeness (QED) is 0.678. The number of aromatic nitrogens is 3. The fourth-order valence-corrected chi connectivity index (χ4v) is 3.18. The number of carbonyl (C=O) groups is 1. The monoisotopic (exact) mass is 398 g/mol. The van der Waals surface area contributed by atoms with Crippen molar-refractivity contribution < 1.29 is 23.7 Å². The second kappa shape index (κ2) is 8.46. The molecule has 1 N–H and O–H groups in total. The van der Waals surface area contributed by atoms with Crippen LogP contribution in [-0.2, 0) is 15.9 Å². The second-order valence-corrected chi connectivity index (χ2v) is 6.54. The van der Waals surface area contributed by atoms with E-state index in [0.717, 1.165) is 5.69 Å². The molecule has 3 aromatic heterocycles. The molecule has 9 nitrogen and oxygen atoms in total. The van der Waals surface area contributed by atoms with Gasteiger partial charge in [-0.3, -0.25) is 4.79 Å². The Balaban J connectivity index is 1.58. The van der Waals surface area contributed by atoms with Crippen molar-refractivity contribution in [3.05, 3.63) is 47.9 Å². The van der Waals surface area contributed by atoms with E-state index in [2.05, 4.69) is 15.3 Å². The lowest BCUT2D eigenvalue weighted by Crippen LogP contribution is -2.30. The van der Waals surface area contributed by atoms with Gasteiger partial charge in [-0.2, -0.15) is 4.98 Å². The molecular formula is C20H22N4O5. The van der Waals surface area contributed by atoms with Crippen LogP contribution in [0.15, 0.2) is 36.7 Å². The zero-order chi connectivity index (χ0) is 20.2. The van der Waals surface area contributed by atoms with Crippen LogP contribution in [0, 0.1) is 0 Å². The van der Waals surface area contributed by atoms with Gasteiger partial charge in [0.15, 0.2) is 0 Å². The number of nitrogens with zero attached hydrogens (tertiary/aromatic N) is 3. The van der Waals surface area contributed by atoms with E-state index >= 15 is 0 Å². The lowest BCUT2D eigenvalue weighted by atomic mass is 10.2. The molecule has 1 unspecified atom stereocenters. The number of methoxy groups -OCH3 is 2. The summed E-state index contributed by atoms with van der Waals surface area (Å²) >= 11 is 0. The van der Waals surface area contributed by atoms with E-state index in [1.165, 1.54) is 14.2 Å². The molecule has 1 fully saturated rings. The van der Waals surface area contributed by atoms with Crippen molar-refractivity contribution in [2.45, 2.75) is 12.5 Å². The molecule has 1 saturated heterocycles. The largest absolute Gasteiger partial charge is 0.496 e. The van der Waals surface area contributed by atoms with E-state index in [0.29, 0.717) is 54.9 Å². The molecule has 3 aromatic rings. The number of nitrogens with one attached hydrogen (secondary N) is 1. The minimum atomic E-state index is -0.344. The lowest BCUT2D eigenvalue weighted by Gasteiger charge is -2.21. The van der Waals surface area contributed by atoms with Gasteiger partial charge in [0.05, 0.1) is 51.4 Å². The minimum absolute atomic E-state index is 0.0162. The Morgan fingerprint density at radius 2 is 2.14 bits per heavy atom. The van der Waals surface area contributed by atoms with E-state index in [4.69, 9.17) is 18.9 Å². The summed E-state index contributed by atoms with van der Waals surface area (Å²) in [6.07, 6.45) is 4.20. The highest BCUT2D eigenvalue weighted by molar-refractivity contribution is 6.05. The summed E-state index contributed by atoms with van der Waals surface area (Å²) in [6.45, 7) is 1.77. The molecular weight excluding hydrogens is 376 g/mol. The molecule has 1 aliphatic rings. The molecule has 152 valence electrons. The van der Waals surface area contributed by atoms with Crippen LogP contribution < -0.4 is 14.8 Å². The molecule has 1 aliphatic heterocycles. The fourth-order valence-electron chi connectivity index (χ4n) is 3.18. The van der Waals surface area contributed by atoms with Crippen molar-refractivity contribution in [1.29, 1.82) is 0 Å². The number of fused-ring (bicyclic) bond motifs is 1. The van der Waals surface area contributed by atoms with Crippen LogP contribution in [0.3, 0.4) is 0 Å². The van der Waals surface area contributed by atoms with Gasteiger partial charge in [-0.05, 0) is 6.07 Å². The first-order chi connectivity index (χ1) is 14.2. The molecule has 0 aromatic carbocycles.